The van der Waals surface area contributed by atoms with Gasteiger partial charge in [0.15, 0.2) is 0 Å². The highest BCUT2D eigenvalue weighted by Crippen LogP contribution is 2.59. The van der Waals surface area contributed by atoms with Crippen molar-refractivity contribution >= 4 is 20.5 Å². The quantitative estimate of drug-likeness (QED) is 0.627. The molecule has 1 rings (SSSR count). The van der Waals surface area contributed by atoms with Gasteiger partial charge >= 0.3 is 43.7 Å². The Morgan fingerprint density at radius 3 is 1.62 bits per heavy atom. The van der Waals surface area contributed by atoms with Crippen molar-refractivity contribution < 1.29 is 60.1 Å². The molecular formula is C5H3F7O7S2. The maximum Gasteiger partial charge on any atom is 0.428 e. The van der Waals surface area contributed by atoms with Crippen LogP contribution in [0.3, 0.4) is 0 Å². The van der Waals surface area contributed by atoms with Crippen LogP contribution in [0.2, 0.25) is 0 Å². The lowest BCUT2D eigenvalue weighted by molar-refractivity contribution is -0.395. The fourth-order valence-electron chi connectivity index (χ4n) is 1.47. The first-order valence-corrected chi connectivity index (χ1v) is 7.00. The van der Waals surface area contributed by atoms with E-state index in [1.807, 2.05) is 0 Å². The molecule has 1 fully saturated rings. The Hall–Kier alpha value is -0.710. The second kappa shape index (κ2) is 4.40. The SMILES string of the molecule is COC1(F)OS(=O)(=O)OS(=O)(=O)C1(C(F)(F)F)C(F)(F)F. The molecule has 7 nitrogen and oxygen atoms in total. The molecule has 1 aliphatic heterocycles. The first kappa shape index (κ1) is 18.3. The van der Waals surface area contributed by atoms with Crippen LogP contribution < -0.4 is 0 Å². The fraction of sp³-hybridized carbons (Fsp3) is 1.00. The molecule has 1 aliphatic rings. The maximum atomic E-state index is 13.9. The van der Waals surface area contributed by atoms with Crippen molar-refractivity contribution in [1.82, 2.24) is 0 Å². The summed E-state index contributed by atoms with van der Waals surface area (Å²) >= 11 is 0. The molecule has 0 amide bonds. The molecule has 1 heterocycles. The first-order chi connectivity index (χ1) is 8.97. The van der Waals surface area contributed by atoms with Gasteiger partial charge in [0.05, 0.1) is 0 Å². The zero-order chi connectivity index (χ0) is 17.1. The number of alkyl halides is 7. The minimum Gasteiger partial charge on any atom is -0.325 e. The number of halogens is 7. The average molecular weight is 372 g/mol. The third kappa shape index (κ3) is 2.28. The molecule has 0 aromatic heterocycles. The van der Waals surface area contributed by atoms with Crippen LogP contribution >= 0.6 is 0 Å². The van der Waals surface area contributed by atoms with E-state index >= 15 is 0 Å². The predicted molar refractivity (Wildman–Crippen MR) is 45.7 cm³/mol. The molecule has 0 aliphatic carbocycles. The maximum absolute atomic E-state index is 13.9. The third-order valence-corrected chi connectivity index (χ3v) is 5.50. The Labute approximate surface area is 112 Å². The van der Waals surface area contributed by atoms with Crippen LogP contribution in [0.25, 0.3) is 0 Å². The molecule has 16 heteroatoms. The third-order valence-electron chi connectivity index (χ3n) is 2.24. The van der Waals surface area contributed by atoms with E-state index in [0.717, 1.165) is 0 Å². The van der Waals surface area contributed by atoms with Gasteiger partial charge < -0.3 is 4.74 Å². The molecule has 21 heavy (non-hydrogen) atoms. The highest BCUT2D eigenvalue weighted by molar-refractivity contribution is 7.99. The van der Waals surface area contributed by atoms with Gasteiger partial charge in [-0.15, -0.1) is 3.63 Å². The average Bonchev–Trinajstić information content (AvgIpc) is 2.07. The van der Waals surface area contributed by atoms with Crippen molar-refractivity contribution in [1.29, 1.82) is 0 Å². The van der Waals surface area contributed by atoms with E-state index in [9.17, 15) is 47.6 Å². The minimum atomic E-state index is -7.19. The number of rotatable bonds is 1. The zero-order valence-electron chi connectivity index (χ0n) is 9.32. The monoisotopic (exact) mass is 372 g/mol. The predicted octanol–water partition coefficient (Wildman–Crippen LogP) is 0.741. The van der Waals surface area contributed by atoms with Crippen molar-refractivity contribution in [2.24, 2.45) is 0 Å². The van der Waals surface area contributed by atoms with E-state index < -0.39 is 43.7 Å². The van der Waals surface area contributed by atoms with Crippen LogP contribution in [-0.4, -0.2) is 47.1 Å². The van der Waals surface area contributed by atoms with Crippen molar-refractivity contribution in [2.45, 2.75) is 23.1 Å². The molecule has 0 aromatic rings. The lowest BCUT2D eigenvalue weighted by Gasteiger charge is -2.44. The van der Waals surface area contributed by atoms with E-state index in [0.29, 0.717) is 0 Å². The topological polar surface area (TPSA) is 96.0 Å². The summed E-state index contributed by atoms with van der Waals surface area (Å²) in [5, 5.41) is 0. The van der Waals surface area contributed by atoms with Crippen LogP contribution in [0.15, 0.2) is 0 Å². The lowest BCUT2D eigenvalue weighted by Crippen LogP contribution is -2.77. The summed E-state index contributed by atoms with van der Waals surface area (Å²) in [6.45, 7) is 0. The number of hydrogen-bond acceptors (Lipinski definition) is 7. The molecular weight excluding hydrogens is 369 g/mol. The summed E-state index contributed by atoms with van der Waals surface area (Å²) in [7, 11) is -13.4. The van der Waals surface area contributed by atoms with Gasteiger partial charge in [0.2, 0.25) is 0 Å². The molecule has 0 radical (unpaired) electrons. The molecule has 0 N–H and O–H groups in total. The van der Waals surface area contributed by atoms with Crippen LogP contribution in [0.4, 0.5) is 30.7 Å². The standard InChI is InChI=1S/C5H3F7O7S2/c1-17-5(12)2(3(6,7)8,4(9,10)11)20(13,14)19-21(15,16)18-5/h1H3. The Bertz CT molecular complexity index is 617. The van der Waals surface area contributed by atoms with Gasteiger partial charge in [0.25, 0.3) is 0 Å². The summed E-state index contributed by atoms with van der Waals surface area (Å²) < 4.78 is 136. The number of hydrogen-bond donors (Lipinski definition) is 0. The molecule has 0 bridgehead atoms. The minimum absolute atomic E-state index is 0.164. The second-order valence-electron chi connectivity index (χ2n) is 3.43. The molecule has 0 aromatic carbocycles. The summed E-state index contributed by atoms with van der Waals surface area (Å²) in [4.78, 5) is 0. The second-order valence-corrected chi connectivity index (χ2v) is 6.48. The normalized spacial score (nSPS) is 31.8. The van der Waals surface area contributed by atoms with E-state index in [1.54, 1.807) is 0 Å². The summed E-state index contributed by atoms with van der Waals surface area (Å²) in [6, 6.07) is -5.68. The highest BCUT2D eigenvalue weighted by atomic mass is 32.3. The number of methoxy groups -OCH3 is 1. The first-order valence-electron chi connectivity index (χ1n) is 4.26. The van der Waals surface area contributed by atoms with E-state index in [-0.39, 0.29) is 7.11 Å². The van der Waals surface area contributed by atoms with Crippen molar-refractivity contribution in [3.8, 4) is 0 Å². The van der Waals surface area contributed by atoms with E-state index in [1.165, 1.54) is 0 Å². The van der Waals surface area contributed by atoms with Crippen molar-refractivity contribution in [2.75, 3.05) is 7.11 Å². The summed E-state index contributed by atoms with van der Waals surface area (Å²) in [5.41, 5.74) is 0. The van der Waals surface area contributed by atoms with E-state index in [4.69, 9.17) is 0 Å². The smallest absolute Gasteiger partial charge is 0.325 e. The van der Waals surface area contributed by atoms with E-state index in [2.05, 4.69) is 12.5 Å². The van der Waals surface area contributed by atoms with Crippen LogP contribution in [0.5, 0.6) is 0 Å². The van der Waals surface area contributed by atoms with Crippen LogP contribution in [-0.2, 0) is 33.1 Å². The van der Waals surface area contributed by atoms with Gasteiger partial charge in [0.1, 0.15) is 0 Å². The van der Waals surface area contributed by atoms with Gasteiger partial charge in [-0.3, -0.25) is 0 Å². The van der Waals surface area contributed by atoms with Gasteiger partial charge in [-0.2, -0.15) is 51.8 Å². The summed E-state index contributed by atoms with van der Waals surface area (Å²) in [6.07, 6.45) is -13.9. The van der Waals surface area contributed by atoms with Crippen molar-refractivity contribution in [3.05, 3.63) is 0 Å². The Balaban J connectivity index is 3.99. The molecule has 0 spiro atoms. The van der Waals surface area contributed by atoms with Gasteiger partial charge in [-0.25, -0.2) is 0 Å². The number of ether oxygens (including phenoxy) is 1. The fourth-order valence-corrected chi connectivity index (χ4v) is 4.37. The Morgan fingerprint density at radius 1 is 0.952 bits per heavy atom. The molecule has 126 valence electrons. The largest absolute Gasteiger partial charge is 0.428 e. The zero-order valence-corrected chi connectivity index (χ0v) is 11.0. The van der Waals surface area contributed by atoms with Crippen molar-refractivity contribution in [3.63, 3.8) is 0 Å². The summed E-state index contributed by atoms with van der Waals surface area (Å²) in [5.74, 6) is 0. The highest BCUT2D eigenvalue weighted by Gasteiger charge is 2.94. The lowest BCUT2D eigenvalue weighted by atomic mass is 10.1. The van der Waals surface area contributed by atoms with Crippen LogP contribution in [0, 0.1) is 0 Å². The van der Waals surface area contributed by atoms with Gasteiger partial charge in [-0.05, 0) is 0 Å². The van der Waals surface area contributed by atoms with Gasteiger partial charge in [0, 0.05) is 7.11 Å². The Morgan fingerprint density at radius 2 is 1.33 bits per heavy atom. The van der Waals surface area contributed by atoms with Gasteiger partial charge in [-0.1, -0.05) is 0 Å². The molecule has 1 unspecified atom stereocenters. The molecule has 1 atom stereocenters. The van der Waals surface area contributed by atoms with Crippen LogP contribution in [0.1, 0.15) is 0 Å². The Kier molecular flexibility index (Phi) is 3.84. The molecule has 0 saturated carbocycles. The molecule has 1 saturated heterocycles.